The maximum atomic E-state index is 12.8. The molecule has 5 unspecified atom stereocenters. The average molecular weight is 356 g/mol. The molecule has 0 radical (unpaired) electrons. The van der Waals surface area contributed by atoms with Crippen molar-refractivity contribution in [2.75, 3.05) is 13.1 Å². The Kier molecular flexibility index (Phi) is 4.88. The molecule has 2 saturated carbocycles. The van der Waals surface area contributed by atoms with Crippen LogP contribution in [0.5, 0.6) is 0 Å². The average Bonchev–Trinajstić information content (AvgIpc) is 3.33. The lowest BCUT2D eigenvalue weighted by molar-refractivity contribution is -0.137. The van der Waals surface area contributed by atoms with Crippen molar-refractivity contribution in [1.82, 2.24) is 10.2 Å². The molecule has 2 N–H and O–H groups in total. The van der Waals surface area contributed by atoms with Crippen LogP contribution in [-0.4, -0.2) is 41.1 Å². The first kappa shape index (κ1) is 17.4. The van der Waals surface area contributed by atoms with Crippen molar-refractivity contribution < 1.29 is 14.7 Å². The van der Waals surface area contributed by atoms with E-state index < -0.39 is 5.97 Å². The van der Waals surface area contributed by atoms with E-state index in [1.165, 1.54) is 19.3 Å². The van der Waals surface area contributed by atoms with E-state index in [4.69, 9.17) is 5.11 Å². The summed E-state index contributed by atoms with van der Waals surface area (Å²) in [6.45, 7) is 1.77. The predicted octanol–water partition coefficient (Wildman–Crippen LogP) is 3.15. The second-order valence-corrected chi connectivity index (χ2v) is 8.33. The van der Waals surface area contributed by atoms with Crippen molar-refractivity contribution in [2.45, 2.75) is 44.6 Å². The van der Waals surface area contributed by atoms with Gasteiger partial charge in [-0.15, -0.1) is 0 Å². The molecule has 1 aliphatic heterocycles. The van der Waals surface area contributed by atoms with E-state index in [9.17, 15) is 9.59 Å². The molecular weight excluding hydrogens is 328 g/mol. The standard InChI is InChI=1S/C21H28N2O3/c24-20(25)9-8-17(10-14-4-2-1-3-5-14)22-21(26)23-12-18-15-6-7-16(11-15)19(18)13-23/h1-5,15-19H,6-13H2,(H,22,26)(H,24,25). The number of benzene rings is 1. The van der Waals surface area contributed by atoms with Crippen LogP contribution in [0, 0.1) is 23.7 Å². The number of hydrogen-bond acceptors (Lipinski definition) is 2. The Bertz CT molecular complexity index is 644. The SMILES string of the molecule is O=C(O)CCC(Cc1ccccc1)NC(=O)N1CC2C3CCC(C3)C2C1. The van der Waals surface area contributed by atoms with E-state index in [0.717, 1.165) is 30.5 Å². The number of amides is 2. The minimum absolute atomic E-state index is 0.00915. The number of aliphatic carboxylic acids is 1. The lowest BCUT2D eigenvalue weighted by Crippen LogP contribution is -2.45. The van der Waals surface area contributed by atoms with Gasteiger partial charge in [-0.2, -0.15) is 0 Å². The van der Waals surface area contributed by atoms with Gasteiger partial charge < -0.3 is 15.3 Å². The Morgan fingerprint density at radius 2 is 1.77 bits per heavy atom. The molecule has 5 atom stereocenters. The quantitative estimate of drug-likeness (QED) is 0.823. The fraction of sp³-hybridized carbons (Fsp3) is 0.619. The number of nitrogens with one attached hydrogen (secondary N) is 1. The molecule has 2 bridgehead atoms. The van der Waals surface area contributed by atoms with Gasteiger partial charge in [0.2, 0.25) is 0 Å². The lowest BCUT2D eigenvalue weighted by atomic mass is 9.82. The van der Waals surface area contributed by atoms with Crippen LogP contribution in [0.4, 0.5) is 4.79 Å². The van der Waals surface area contributed by atoms with Crippen LogP contribution in [0.15, 0.2) is 30.3 Å². The van der Waals surface area contributed by atoms with Crippen molar-refractivity contribution in [3.8, 4) is 0 Å². The fourth-order valence-corrected chi connectivity index (χ4v) is 5.54. The molecule has 3 aliphatic rings. The Morgan fingerprint density at radius 3 is 2.38 bits per heavy atom. The molecule has 0 spiro atoms. The number of likely N-dealkylation sites (tertiary alicyclic amines) is 1. The molecule has 3 fully saturated rings. The molecule has 2 aliphatic carbocycles. The number of carbonyl (C=O) groups excluding carboxylic acids is 1. The first-order valence-corrected chi connectivity index (χ1v) is 9.91. The zero-order valence-corrected chi connectivity index (χ0v) is 15.1. The third kappa shape index (κ3) is 3.57. The second kappa shape index (κ2) is 7.29. The minimum atomic E-state index is -0.815. The van der Waals surface area contributed by atoms with Crippen LogP contribution >= 0.6 is 0 Å². The molecule has 1 aromatic rings. The van der Waals surface area contributed by atoms with Crippen molar-refractivity contribution in [3.05, 3.63) is 35.9 Å². The Balaban J connectivity index is 1.37. The molecule has 5 heteroatoms. The van der Waals surface area contributed by atoms with E-state index >= 15 is 0 Å². The van der Waals surface area contributed by atoms with E-state index in [-0.39, 0.29) is 18.5 Å². The number of fused-ring (bicyclic) bond motifs is 5. The summed E-state index contributed by atoms with van der Waals surface area (Å²) in [5, 5.41) is 12.2. The molecule has 2 amide bonds. The topological polar surface area (TPSA) is 69.6 Å². The number of carbonyl (C=O) groups is 2. The van der Waals surface area contributed by atoms with Crippen molar-refractivity contribution >= 4 is 12.0 Å². The summed E-state index contributed by atoms with van der Waals surface area (Å²) in [4.78, 5) is 25.8. The van der Waals surface area contributed by atoms with Crippen LogP contribution < -0.4 is 5.32 Å². The first-order chi connectivity index (χ1) is 12.6. The fourth-order valence-electron chi connectivity index (χ4n) is 5.54. The molecule has 1 aromatic carbocycles. The zero-order chi connectivity index (χ0) is 18.1. The van der Waals surface area contributed by atoms with Gasteiger partial charge in [0.1, 0.15) is 0 Å². The molecule has 26 heavy (non-hydrogen) atoms. The molecule has 5 nitrogen and oxygen atoms in total. The van der Waals surface area contributed by atoms with Gasteiger partial charge in [0.15, 0.2) is 0 Å². The van der Waals surface area contributed by atoms with Crippen LogP contribution in [0.1, 0.15) is 37.7 Å². The smallest absolute Gasteiger partial charge is 0.317 e. The number of nitrogens with zero attached hydrogens (tertiary/aromatic N) is 1. The van der Waals surface area contributed by atoms with Crippen LogP contribution in [0.2, 0.25) is 0 Å². The summed E-state index contributed by atoms with van der Waals surface area (Å²) >= 11 is 0. The van der Waals surface area contributed by atoms with Crippen molar-refractivity contribution in [2.24, 2.45) is 23.7 Å². The van der Waals surface area contributed by atoms with E-state index in [1.807, 2.05) is 35.2 Å². The third-order valence-corrected chi connectivity index (χ3v) is 6.78. The van der Waals surface area contributed by atoms with Gasteiger partial charge in [-0.1, -0.05) is 30.3 Å². The summed E-state index contributed by atoms with van der Waals surface area (Å²) in [5.41, 5.74) is 1.12. The Hall–Kier alpha value is -2.04. The summed E-state index contributed by atoms with van der Waals surface area (Å²) in [7, 11) is 0. The third-order valence-electron chi connectivity index (χ3n) is 6.78. The first-order valence-electron chi connectivity index (χ1n) is 9.91. The Labute approximate surface area is 154 Å². The minimum Gasteiger partial charge on any atom is -0.481 e. The molecule has 1 saturated heterocycles. The summed E-state index contributed by atoms with van der Waals surface area (Å²) < 4.78 is 0. The van der Waals surface area contributed by atoms with Gasteiger partial charge in [0, 0.05) is 25.6 Å². The maximum Gasteiger partial charge on any atom is 0.317 e. The number of carboxylic acids is 1. The largest absolute Gasteiger partial charge is 0.481 e. The van der Waals surface area contributed by atoms with Gasteiger partial charge in [-0.05, 0) is 61.3 Å². The van der Waals surface area contributed by atoms with Crippen LogP contribution in [0.25, 0.3) is 0 Å². The molecule has 1 heterocycles. The van der Waals surface area contributed by atoms with E-state index in [0.29, 0.717) is 24.7 Å². The highest BCUT2D eigenvalue weighted by molar-refractivity contribution is 5.75. The van der Waals surface area contributed by atoms with Crippen molar-refractivity contribution in [3.63, 3.8) is 0 Å². The van der Waals surface area contributed by atoms with Gasteiger partial charge in [-0.25, -0.2) is 4.79 Å². The van der Waals surface area contributed by atoms with Gasteiger partial charge in [-0.3, -0.25) is 4.79 Å². The van der Waals surface area contributed by atoms with E-state index in [2.05, 4.69) is 5.32 Å². The monoisotopic (exact) mass is 356 g/mol. The van der Waals surface area contributed by atoms with Gasteiger partial charge in [0.05, 0.1) is 0 Å². The number of hydrogen-bond donors (Lipinski definition) is 2. The highest BCUT2D eigenvalue weighted by Crippen LogP contribution is 2.55. The summed E-state index contributed by atoms with van der Waals surface area (Å²) in [6, 6.07) is 9.82. The Morgan fingerprint density at radius 1 is 1.12 bits per heavy atom. The summed E-state index contributed by atoms with van der Waals surface area (Å²) in [6.07, 6.45) is 5.27. The van der Waals surface area contributed by atoms with Gasteiger partial charge in [0.25, 0.3) is 0 Å². The maximum absolute atomic E-state index is 12.8. The molecule has 140 valence electrons. The second-order valence-electron chi connectivity index (χ2n) is 8.33. The normalized spacial score (nSPS) is 30.2. The number of urea groups is 1. The van der Waals surface area contributed by atoms with Gasteiger partial charge >= 0.3 is 12.0 Å². The van der Waals surface area contributed by atoms with Crippen LogP contribution in [-0.2, 0) is 11.2 Å². The highest BCUT2D eigenvalue weighted by Gasteiger charge is 2.52. The summed E-state index contributed by atoms with van der Waals surface area (Å²) in [5.74, 6) is 2.24. The highest BCUT2D eigenvalue weighted by atomic mass is 16.4. The van der Waals surface area contributed by atoms with Crippen molar-refractivity contribution in [1.29, 1.82) is 0 Å². The lowest BCUT2D eigenvalue weighted by Gasteiger charge is -2.24. The number of carboxylic acid groups (broad SMARTS) is 1. The molecule has 4 rings (SSSR count). The van der Waals surface area contributed by atoms with Crippen LogP contribution in [0.3, 0.4) is 0 Å². The predicted molar refractivity (Wildman–Crippen MR) is 98.7 cm³/mol. The molecule has 0 aromatic heterocycles. The van der Waals surface area contributed by atoms with E-state index in [1.54, 1.807) is 0 Å². The molecular formula is C21H28N2O3. The number of rotatable bonds is 6. The zero-order valence-electron chi connectivity index (χ0n) is 15.1.